The molecule has 0 saturated carbocycles. The van der Waals surface area contributed by atoms with Gasteiger partial charge in [0.05, 0.1) is 38.6 Å². The Balaban J connectivity index is 1.59. The average molecular weight is 483 g/mol. The van der Waals surface area contributed by atoms with Crippen molar-refractivity contribution in [2.75, 3.05) is 0 Å². The Morgan fingerprint density at radius 3 is 2.73 bits per heavy atom. The lowest BCUT2D eigenvalue weighted by molar-refractivity contribution is -0.119. The second kappa shape index (κ2) is 9.24. The summed E-state index contributed by atoms with van der Waals surface area (Å²) >= 11 is 2.78. The number of aromatic nitrogens is 3. The number of pyridine rings is 1. The van der Waals surface area contributed by atoms with Crippen LogP contribution < -0.4 is 5.32 Å². The molecule has 170 valence electrons. The van der Waals surface area contributed by atoms with Gasteiger partial charge in [-0.2, -0.15) is 5.10 Å². The van der Waals surface area contributed by atoms with Crippen LogP contribution in [0.25, 0.3) is 21.6 Å². The van der Waals surface area contributed by atoms with Gasteiger partial charge in [-0.15, -0.1) is 22.7 Å². The fourth-order valence-electron chi connectivity index (χ4n) is 3.45. The predicted octanol–water partition coefficient (Wildman–Crippen LogP) is 4.13. The van der Waals surface area contributed by atoms with E-state index in [-0.39, 0.29) is 11.7 Å². The van der Waals surface area contributed by atoms with Crippen molar-refractivity contribution < 1.29 is 19.1 Å². The number of fused-ring (bicyclic) bond motifs is 1. The van der Waals surface area contributed by atoms with Gasteiger partial charge in [0.15, 0.2) is 11.8 Å². The maximum absolute atomic E-state index is 13.2. The molecule has 0 saturated heterocycles. The fourth-order valence-corrected chi connectivity index (χ4v) is 5.10. The predicted molar refractivity (Wildman–Crippen MR) is 128 cm³/mol. The van der Waals surface area contributed by atoms with Gasteiger partial charge in [0.2, 0.25) is 11.7 Å². The maximum Gasteiger partial charge on any atom is 0.339 e. The summed E-state index contributed by atoms with van der Waals surface area (Å²) in [6.45, 7) is 5.15. The van der Waals surface area contributed by atoms with Gasteiger partial charge in [-0.05, 0) is 43.5 Å². The smallest absolute Gasteiger partial charge is 0.339 e. The van der Waals surface area contributed by atoms with Crippen LogP contribution >= 0.6 is 22.7 Å². The van der Waals surface area contributed by atoms with E-state index in [1.54, 1.807) is 36.9 Å². The van der Waals surface area contributed by atoms with Gasteiger partial charge < -0.3 is 10.1 Å². The number of carbonyl (C=O) groups is 3. The van der Waals surface area contributed by atoms with Gasteiger partial charge >= 0.3 is 5.97 Å². The third-order valence-corrected chi connectivity index (χ3v) is 7.02. The Hall–Kier alpha value is -3.37. The topological polar surface area (TPSA) is 103 Å². The summed E-state index contributed by atoms with van der Waals surface area (Å²) in [5.41, 5.74) is 2.20. The highest BCUT2D eigenvalue weighted by Gasteiger charge is 2.25. The first-order valence-corrected chi connectivity index (χ1v) is 11.9. The number of ether oxygens (including phenoxy) is 1. The Kier molecular flexibility index (Phi) is 6.39. The number of aryl methyl sites for hydroxylation is 2. The molecule has 0 bridgehead atoms. The Labute approximate surface area is 198 Å². The van der Waals surface area contributed by atoms with Gasteiger partial charge in [0, 0.05) is 18.8 Å². The molecule has 33 heavy (non-hydrogen) atoms. The highest BCUT2D eigenvalue weighted by atomic mass is 32.1. The zero-order valence-electron chi connectivity index (χ0n) is 18.5. The molecule has 4 rings (SSSR count). The Morgan fingerprint density at radius 2 is 2.03 bits per heavy atom. The summed E-state index contributed by atoms with van der Waals surface area (Å²) in [6.07, 6.45) is -0.977. The van der Waals surface area contributed by atoms with Crippen molar-refractivity contribution in [3.63, 3.8) is 0 Å². The molecule has 8 nitrogen and oxygen atoms in total. The molecular formula is C23H22N4O4S2. The molecule has 0 aliphatic rings. The number of hydrogen-bond donors (Lipinski definition) is 1. The minimum absolute atomic E-state index is 0.144. The van der Waals surface area contributed by atoms with E-state index in [1.807, 2.05) is 24.4 Å². The summed E-state index contributed by atoms with van der Waals surface area (Å²) in [5, 5.41) is 9.65. The van der Waals surface area contributed by atoms with Gasteiger partial charge in [-0.1, -0.05) is 6.07 Å². The lowest BCUT2D eigenvalue weighted by Crippen LogP contribution is -2.24. The first kappa shape index (κ1) is 22.8. The molecule has 0 aliphatic carbocycles. The van der Waals surface area contributed by atoms with Crippen molar-refractivity contribution in [2.45, 2.75) is 33.4 Å². The molecule has 1 N–H and O–H groups in total. The summed E-state index contributed by atoms with van der Waals surface area (Å²) in [4.78, 5) is 44.1. The number of nitrogens with zero attached hydrogens (tertiary/aromatic N) is 3. The number of esters is 1. The Morgan fingerprint density at radius 1 is 1.24 bits per heavy atom. The molecular weight excluding hydrogens is 460 g/mol. The van der Waals surface area contributed by atoms with Crippen LogP contribution in [0.2, 0.25) is 0 Å². The third kappa shape index (κ3) is 4.71. The number of nitrogens with one attached hydrogen (secondary N) is 1. The first-order valence-electron chi connectivity index (χ1n) is 10.2. The normalized spacial score (nSPS) is 12.0. The van der Waals surface area contributed by atoms with Crippen molar-refractivity contribution in [3.05, 3.63) is 56.7 Å². The largest absolute Gasteiger partial charge is 0.451 e. The highest BCUT2D eigenvalue weighted by Crippen LogP contribution is 2.30. The first-order chi connectivity index (χ1) is 15.7. The molecule has 1 amide bonds. The number of amides is 1. The Bertz CT molecular complexity index is 1350. The van der Waals surface area contributed by atoms with Gasteiger partial charge in [-0.3, -0.25) is 14.3 Å². The van der Waals surface area contributed by atoms with Gasteiger partial charge in [-0.25, -0.2) is 9.78 Å². The molecule has 10 heteroatoms. The number of ketones is 1. The zero-order valence-corrected chi connectivity index (χ0v) is 20.2. The number of hydrogen-bond acceptors (Lipinski definition) is 8. The van der Waals surface area contributed by atoms with Crippen molar-refractivity contribution in [2.24, 2.45) is 7.05 Å². The van der Waals surface area contributed by atoms with Crippen LogP contribution in [-0.2, 0) is 23.1 Å². The van der Waals surface area contributed by atoms with Crippen LogP contribution in [0.3, 0.4) is 0 Å². The van der Waals surface area contributed by atoms with Crippen LogP contribution in [-0.4, -0.2) is 38.5 Å². The fraction of sp³-hybridized carbons (Fsp3) is 0.261. The van der Waals surface area contributed by atoms with Gasteiger partial charge in [0.1, 0.15) is 0 Å². The second-order valence-corrected chi connectivity index (χ2v) is 9.64. The molecule has 0 aliphatic heterocycles. The quantitative estimate of drug-likeness (QED) is 0.314. The minimum atomic E-state index is -0.977. The molecule has 0 fully saturated rings. The lowest BCUT2D eigenvalue weighted by Gasteiger charge is -2.13. The van der Waals surface area contributed by atoms with Crippen molar-refractivity contribution in [1.29, 1.82) is 0 Å². The summed E-state index contributed by atoms with van der Waals surface area (Å²) in [7, 11) is 1.77. The number of carbonyl (C=O) groups excluding carboxylic acids is 3. The van der Waals surface area contributed by atoms with E-state index in [2.05, 4.69) is 15.4 Å². The number of thiophene rings is 2. The van der Waals surface area contributed by atoms with Crippen molar-refractivity contribution >= 4 is 51.4 Å². The van der Waals surface area contributed by atoms with Crippen LogP contribution in [0, 0.1) is 6.92 Å². The average Bonchev–Trinajstić information content (AvgIpc) is 3.52. The van der Waals surface area contributed by atoms with Gasteiger partial charge in [0.25, 0.3) is 0 Å². The molecule has 1 atom stereocenters. The van der Waals surface area contributed by atoms with E-state index in [0.717, 1.165) is 9.75 Å². The van der Waals surface area contributed by atoms with Crippen LogP contribution in [0.4, 0.5) is 0 Å². The van der Waals surface area contributed by atoms with Crippen LogP contribution in [0.5, 0.6) is 0 Å². The monoisotopic (exact) mass is 482 g/mol. The zero-order chi connectivity index (χ0) is 23.7. The molecule has 0 aromatic carbocycles. The molecule has 4 heterocycles. The van der Waals surface area contributed by atoms with Crippen LogP contribution in [0.1, 0.15) is 44.4 Å². The van der Waals surface area contributed by atoms with E-state index in [0.29, 0.717) is 39.4 Å². The van der Waals surface area contributed by atoms with Crippen LogP contribution in [0.15, 0.2) is 35.7 Å². The van der Waals surface area contributed by atoms with E-state index >= 15 is 0 Å². The maximum atomic E-state index is 13.2. The SMILES string of the molecule is CC(=O)NCc1ccc(C(=O)C(C)OC(=O)c2cc(-c3cccs3)nc3c2c(C)nn3C)s1. The lowest BCUT2D eigenvalue weighted by atomic mass is 10.1. The van der Waals surface area contributed by atoms with E-state index in [4.69, 9.17) is 4.74 Å². The summed E-state index contributed by atoms with van der Waals surface area (Å²) < 4.78 is 7.23. The highest BCUT2D eigenvalue weighted by molar-refractivity contribution is 7.14. The van der Waals surface area contributed by atoms with Crippen molar-refractivity contribution in [1.82, 2.24) is 20.1 Å². The minimum Gasteiger partial charge on any atom is -0.451 e. The molecule has 0 radical (unpaired) electrons. The standard InChI is InChI=1S/C23H22N4O4S2/c1-12-20-16(10-17(18-6-5-9-32-18)25-22(20)27(4)26-12)23(30)31-13(2)21(29)19-8-7-15(33-19)11-24-14(3)28/h5-10,13H,11H2,1-4H3,(H,24,28). The molecule has 4 aromatic heterocycles. The molecule has 1 unspecified atom stereocenters. The summed E-state index contributed by atoms with van der Waals surface area (Å²) in [5.74, 6) is -1.05. The number of rotatable bonds is 7. The summed E-state index contributed by atoms with van der Waals surface area (Å²) in [6, 6.07) is 9.00. The third-order valence-electron chi connectivity index (χ3n) is 5.03. The molecule has 0 spiro atoms. The van der Waals surface area contributed by atoms with E-state index < -0.39 is 12.1 Å². The van der Waals surface area contributed by atoms with E-state index in [1.165, 1.54) is 29.6 Å². The molecule has 4 aromatic rings. The number of Topliss-reactive ketones (excluding diaryl/α,β-unsaturated/α-hetero) is 1. The van der Waals surface area contributed by atoms with Crippen molar-refractivity contribution in [3.8, 4) is 10.6 Å². The second-order valence-electron chi connectivity index (χ2n) is 7.53. The van der Waals surface area contributed by atoms with E-state index in [9.17, 15) is 14.4 Å².